The van der Waals surface area contributed by atoms with Gasteiger partial charge in [0.15, 0.2) is 0 Å². The van der Waals surface area contributed by atoms with Crippen LogP contribution in [-0.4, -0.2) is 43.8 Å². The molecular formula is C24H25N3O4S2. The van der Waals surface area contributed by atoms with E-state index in [1.54, 1.807) is 24.0 Å². The van der Waals surface area contributed by atoms with E-state index in [0.717, 1.165) is 29.1 Å². The summed E-state index contributed by atoms with van der Waals surface area (Å²) >= 11 is 1.68. The zero-order valence-corrected chi connectivity index (χ0v) is 19.9. The fourth-order valence-electron chi connectivity index (χ4n) is 3.58. The molecule has 2 aromatic carbocycles. The minimum Gasteiger partial charge on any atom is -0.495 e. The smallest absolute Gasteiger partial charge is 0.255 e. The minimum absolute atomic E-state index is 0.0155. The van der Waals surface area contributed by atoms with Gasteiger partial charge in [-0.25, -0.2) is 8.42 Å². The number of pyridine rings is 1. The van der Waals surface area contributed by atoms with Crippen LogP contribution in [0.3, 0.4) is 0 Å². The van der Waals surface area contributed by atoms with Crippen molar-refractivity contribution in [3.63, 3.8) is 0 Å². The van der Waals surface area contributed by atoms with Crippen LogP contribution in [0.15, 0.2) is 76.8 Å². The molecule has 0 atom stereocenters. The summed E-state index contributed by atoms with van der Waals surface area (Å²) in [6.45, 7) is 0.958. The molecule has 0 aliphatic carbocycles. The lowest BCUT2D eigenvalue weighted by Gasteiger charge is -2.18. The Kier molecular flexibility index (Phi) is 7.32. The lowest BCUT2D eigenvalue weighted by Crippen LogP contribution is -2.28. The minimum atomic E-state index is -3.72. The Morgan fingerprint density at radius 2 is 1.88 bits per heavy atom. The lowest BCUT2D eigenvalue weighted by molar-refractivity contribution is 0.102. The summed E-state index contributed by atoms with van der Waals surface area (Å²) in [7, 11) is -2.30. The standard InChI is InChI=1S/C24H25N3O4S2/c1-31-22-11-6-19(15-23(22)33(29,30)27-13-2-3-14-27)24(28)26-20-7-9-21(10-8-20)32-17-18-5-4-12-25-16-18/h4-12,15-16H,2-3,13-14,17H2,1H3,(H,26,28). The maximum atomic E-state index is 13.1. The summed E-state index contributed by atoms with van der Waals surface area (Å²) in [6.07, 6.45) is 5.25. The molecule has 33 heavy (non-hydrogen) atoms. The second-order valence-electron chi connectivity index (χ2n) is 7.61. The Bertz CT molecular complexity index is 1210. The van der Waals surface area contributed by atoms with Crippen LogP contribution in [0.1, 0.15) is 28.8 Å². The number of ether oxygens (including phenoxy) is 1. The van der Waals surface area contributed by atoms with Gasteiger partial charge in [-0.2, -0.15) is 4.31 Å². The summed E-state index contributed by atoms with van der Waals surface area (Å²) in [6, 6.07) is 16.0. The van der Waals surface area contributed by atoms with Crippen LogP contribution in [0.4, 0.5) is 5.69 Å². The van der Waals surface area contributed by atoms with Crippen molar-refractivity contribution in [1.82, 2.24) is 9.29 Å². The molecule has 7 nitrogen and oxygen atoms in total. The third-order valence-electron chi connectivity index (χ3n) is 5.35. The number of hydrogen-bond acceptors (Lipinski definition) is 6. The van der Waals surface area contributed by atoms with Gasteiger partial charge in [-0.05, 0) is 66.9 Å². The zero-order chi connectivity index (χ0) is 23.3. The molecule has 1 N–H and O–H groups in total. The van der Waals surface area contributed by atoms with Crippen molar-refractivity contribution in [2.45, 2.75) is 28.4 Å². The average molecular weight is 484 g/mol. The van der Waals surface area contributed by atoms with Gasteiger partial charge in [0, 0.05) is 47.4 Å². The summed E-state index contributed by atoms with van der Waals surface area (Å²) in [5.41, 5.74) is 2.02. The number of nitrogens with zero attached hydrogens (tertiary/aromatic N) is 2. The predicted molar refractivity (Wildman–Crippen MR) is 129 cm³/mol. The van der Waals surface area contributed by atoms with Gasteiger partial charge >= 0.3 is 0 Å². The molecule has 3 aromatic rings. The van der Waals surface area contributed by atoms with Gasteiger partial charge in [0.1, 0.15) is 10.6 Å². The molecule has 0 radical (unpaired) electrons. The number of hydrogen-bond donors (Lipinski definition) is 1. The Balaban J connectivity index is 1.46. The molecule has 0 spiro atoms. The Morgan fingerprint density at radius 3 is 2.55 bits per heavy atom. The number of aromatic nitrogens is 1. The van der Waals surface area contributed by atoms with Gasteiger partial charge < -0.3 is 10.1 Å². The van der Waals surface area contributed by atoms with Gasteiger partial charge in [-0.15, -0.1) is 11.8 Å². The quantitative estimate of drug-likeness (QED) is 0.477. The Labute approximate surface area is 198 Å². The number of nitrogens with one attached hydrogen (secondary N) is 1. The Hall–Kier alpha value is -2.88. The van der Waals surface area contributed by atoms with Crippen LogP contribution in [0.25, 0.3) is 0 Å². The summed E-state index contributed by atoms with van der Waals surface area (Å²) < 4.78 is 32.8. The number of anilines is 1. The molecule has 9 heteroatoms. The SMILES string of the molecule is COc1ccc(C(=O)Nc2ccc(SCc3cccnc3)cc2)cc1S(=O)(=O)N1CCCC1. The van der Waals surface area contributed by atoms with Crippen LogP contribution in [0.5, 0.6) is 5.75 Å². The first kappa shape index (κ1) is 23.3. The topological polar surface area (TPSA) is 88.6 Å². The van der Waals surface area contributed by atoms with E-state index in [9.17, 15) is 13.2 Å². The van der Waals surface area contributed by atoms with Crippen LogP contribution < -0.4 is 10.1 Å². The molecule has 1 saturated heterocycles. The zero-order valence-electron chi connectivity index (χ0n) is 18.2. The molecule has 4 rings (SSSR count). The van der Waals surface area contributed by atoms with E-state index in [0.29, 0.717) is 18.8 Å². The van der Waals surface area contributed by atoms with E-state index in [1.807, 2.05) is 42.6 Å². The maximum absolute atomic E-state index is 13.1. The number of benzene rings is 2. The third kappa shape index (κ3) is 5.55. The molecule has 1 aliphatic rings. The molecule has 1 fully saturated rings. The maximum Gasteiger partial charge on any atom is 0.255 e. The molecule has 0 saturated carbocycles. The van der Waals surface area contributed by atoms with E-state index in [1.165, 1.54) is 23.5 Å². The van der Waals surface area contributed by atoms with Gasteiger partial charge in [-0.3, -0.25) is 9.78 Å². The second kappa shape index (κ2) is 10.4. The van der Waals surface area contributed by atoms with Crippen LogP contribution >= 0.6 is 11.8 Å². The van der Waals surface area contributed by atoms with Crippen molar-refractivity contribution in [3.8, 4) is 5.75 Å². The van der Waals surface area contributed by atoms with Crippen molar-refractivity contribution in [2.75, 3.05) is 25.5 Å². The van der Waals surface area contributed by atoms with E-state index >= 15 is 0 Å². The van der Waals surface area contributed by atoms with Crippen molar-refractivity contribution in [2.24, 2.45) is 0 Å². The summed E-state index contributed by atoms with van der Waals surface area (Å²) in [4.78, 5) is 18.0. The number of rotatable bonds is 8. The van der Waals surface area contributed by atoms with E-state index in [4.69, 9.17) is 4.74 Å². The highest BCUT2D eigenvalue weighted by molar-refractivity contribution is 7.98. The summed E-state index contributed by atoms with van der Waals surface area (Å²) in [5.74, 6) is 0.652. The fourth-order valence-corrected chi connectivity index (χ4v) is 6.11. The first-order valence-electron chi connectivity index (χ1n) is 10.6. The van der Waals surface area contributed by atoms with Gasteiger partial charge in [-0.1, -0.05) is 6.07 Å². The monoisotopic (exact) mass is 483 g/mol. The highest BCUT2D eigenvalue weighted by Gasteiger charge is 2.30. The largest absolute Gasteiger partial charge is 0.495 e. The fraction of sp³-hybridized carbons (Fsp3) is 0.250. The number of carbonyl (C=O) groups is 1. The highest BCUT2D eigenvalue weighted by Crippen LogP contribution is 2.30. The number of sulfonamides is 1. The van der Waals surface area contributed by atoms with Crippen LogP contribution in [0.2, 0.25) is 0 Å². The average Bonchev–Trinajstić information content (AvgIpc) is 3.40. The molecule has 1 aromatic heterocycles. The highest BCUT2D eigenvalue weighted by atomic mass is 32.2. The Morgan fingerprint density at radius 1 is 1.12 bits per heavy atom. The lowest BCUT2D eigenvalue weighted by atomic mass is 10.2. The predicted octanol–water partition coefficient (Wildman–Crippen LogP) is 4.42. The molecule has 1 amide bonds. The van der Waals surface area contributed by atoms with Crippen molar-refractivity contribution >= 4 is 33.4 Å². The summed E-state index contributed by atoms with van der Waals surface area (Å²) in [5, 5.41) is 2.84. The normalized spacial score (nSPS) is 14.2. The second-order valence-corrected chi connectivity index (χ2v) is 10.6. The van der Waals surface area contributed by atoms with Gasteiger partial charge in [0.25, 0.3) is 5.91 Å². The van der Waals surface area contributed by atoms with Crippen molar-refractivity contribution in [3.05, 3.63) is 78.1 Å². The molecular weight excluding hydrogens is 458 g/mol. The molecule has 2 heterocycles. The molecule has 0 unspecified atom stereocenters. The number of thioether (sulfide) groups is 1. The van der Waals surface area contributed by atoms with Crippen molar-refractivity contribution in [1.29, 1.82) is 0 Å². The third-order valence-corrected chi connectivity index (χ3v) is 8.35. The van der Waals surface area contributed by atoms with E-state index in [2.05, 4.69) is 10.3 Å². The number of amides is 1. The van der Waals surface area contributed by atoms with E-state index < -0.39 is 10.0 Å². The number of carbonyl (C=O) groups excluding carboxylic acids is 1. The van der Waals surface area contributed by atoms with E-state index in [-0.39, 0.29) is 22.1 Å². The molecule has 172 valence electrons. The van der Waals surface area contributed by atoms with Crippen molar-refractivity contribution < 1.29 is 17.9 Å². The molecule has 0 bridgehead atoms. The van der Waals surface area contributed by atoms with Crippen LogP contribution in [0, 0.1) is 0 Å². The number of methoxy groups -OCH3 is 1. The first-order valence-corrected chi connectivity index (χ1v) is 13.0. The van der Waals surface area contributed by atoms with Crippen LogP contribution in [-0.2, 0) is 15.8 Å². The van der Waals surface area contributed by atoms with Gasteiger partial charge in [0.2, 0.25) is 10.0 Å². The van der Waals surface area contributed by atoms with Gasteiger partial charge in [0.05, 0.1) is 7.11 Å². The first-order chi connectivity index (χ1) is 16.0. The molecule has 1 aliphatic heterocycles.